The van der Waals surface area contributed by atoms with E-state index >= 15 is 0 Å². The number of nitrogens with one attached hydrogen (secondary N) is 1. The lowest BCUT2D eigenvalue weighted by Gasteiger charge is -1.99. The molecule has 0 atom stereocenters. The Hall–Kier alpha value is -0.570. The van der Waals surface area contributed by atoms with Gasteiger partial charge in [-0.2, -0.15) is 0 Å². The summed E-state index contributed by atoms with van der Waals surface area (Å²) in [4.78, 5) is 0. The summed E-state index contributed by atoms with van der Waals surface area (Å²) in [5.74, 6) is 5.16. The highest BCUT2D eigenvalue weighted by molar-refractivity contribution is 5.85. The summed E-state index contributed by atoms with van der Waals surface area (Å²) in [6, 6.07) is 8.50. The number of hydrogen-bond acceptors (Lipinski definition) is 2. The number of hydrogen-bond donors (Lipinski definition) is 2. The first-order chi connectivity index (χ1) is 5.33. The molecule has 1 rings (SSSR count). The molecule has 12 heavy (non-hydrogen) atoms. The molecule has 0 aliphatic carbocycles. The Bertz CT molecular complexity index is 208. The molecular weight excluding hydrogens is 172 g/mol. The first kappa shape index (κ1) is 11.4. The van der Waals surface area contributed by atoms with Gasteiger partial charge in [0.15, 0.2) is 0 Å². The first-order valence-corrected chi connectivity index (χ1v) is 3.82. The number of rotatable bonds is 3. The van der Waals surface area contributed by atoms with Crippen LogP contribution in [0.2, 0.25) is 0 Å². The molecule has 0 spiro atoms. The second-order valence-electron chi connectivity index (χ2n) is 2.69. The molecule has 1 aromatic carbocycles. The summed E-state index contributed by atoms with van der Waals surface area (Å²) in [6.45, 7) is 2.92. The van der Waals surface area contributed by atoms with E-state index < -0.39 is 0 Å². The standard InChI is InChI=1S/C9H14N2.ClH/c1-8-2-4-9(5-3-8)6-7-11-10;/h2-5,11H,6-7,10H2,1H3;1H. The summed E-state index contributed by atoms with van der Waals surface area (Å²) in [5.41, 5.74) is 5.26. The van der Waals surface area contributed by atoms with E-state index in [0.29, 0.717) is 0 Å². The average Bonchev–Trinajstić information content (AvgIpc) is 2.04. The minimum absolute atomic E-state index is 0. The van der Waals surface area contributed by atoms with Crippen LogP contribution in [0.1, 0.15) is 11.1 Å². The van der Waals surface area contributed by atoms with Crippen molar-refractivity contribution in [2.24, 2.45) is 5.84 Å². The minimum Gasteiger partial charge on any atom is -0.271 e. The molecule has 0 heterocycles. The van der Waals surface area contributed by atoms with Crippen LogP contribution in [-0.4, -0.2) is 6.54 Å². The predicted octanol–water partition coefficient (Wildman–Crippen LogP) is 1.42. The quantitative estimate of drug-likeness (QED) is 0.554. The van der Waals surface area contributed by atoms with E-state index in [1.807, 2.05) is 0 Å². The van der Waals surface area contributed by atoms with Crippen LogP contribution in [0.15, 0.2) is 24.3 Å². The minimum atomic E-state index is 0. The largest absolute Gasteiger partial charge is 0.271 e. The second-order valence-corrected chi connectivity index (χ2v) is 2.69. The molecule has 0 saturated heterocycles. The van der Waals surface area contributed by atoms with Crippen LogP contribution < -0.4 is 11.3 Å². The van der Waals surface area contributed by atoms with Crippen molar-refractivity contribution in [3.8, 4) is 0 Å². The monoisotopic (exact) mass is 186 g/mol. The zero-order valence-electron chi connectivity index (χ0n) is 7.21. The maximum Gasteiger partial charge on any atom is 0.0138 e. The second kappa shape index (κ2) is 6.00. The number of benzene rings is 1. The van der Waals surface area contributed by atoms with Crippen molar-refractivity contribution in [2.75, 3.05) is 6.54 Å². The number of halogens is 1. The van der Waals surface area contributed by atoms with Gasteiger partial charge in [-0.15, -0.1) is 12.4 Å². The van der Waals surface area contributed by atoms with Crippen LogP contribution in [0.4, 0.5) is 0 Å². The summed E-state index contributed by atoms with van der Waals surface area (Å²) in [5, 5.41) is 0. The molecule has 0 bridgehead atoms. The maximum absolute atomic E-state index is 5.16. The van der Waals surface area contributed by atoms with Gasteiger partial charge in [0.05, 0.1) is 0 Å². The number of aryl methyl sites for hydroxylation is 1. The average molecular weight is 187 g/mol. The van der Waals surface area contributed by atoms with Crippen LogP contribution in [0.3, 0.4) is 0 Å². The molecule has 0 radical (unpaired) electrons. The lowest BCUT2D eigenvalue weighted by atomic mass is 10.1. The Morgan fingerprint density at radius 3 is 2.33 bits per heavy atom. The van der Waals surface area contributed by atoms with Gasteiger partial charge in [-0.05, 0) is 18.9 Å². The van der Waals surface area contributed by atoms with Gasteiger partial charge in [0, 0.05) is 6.54 Å². The van der Waals surface area contributed by atoms with Gasteiger partial charge in [-0.1, -0.05) is 29.8 Å². The topological polar surface area (TPSA) is 38.0 Å². The van der Waals surface area contributed by atoms with Gasteiger partial charge < -0.3 is 0 Å². The van der Waals surface area contributed by atoms with E-state index in [9.17, 15) is 0 Å². The molecule has 68 valence electrons. The molecule has 0 aliphatic heterocycles. The number of hydrazine groups is 1. The third-order valence-electron chi connectivity index (χ3n) is 1.68. The Morgan fingerprint density at radius 2 is 1.83 bits per heavy atom. The molecule has 2 nitrogen and oxygen atoms in total. The van der Waals surface area contributed by atoms with Crippen molar-refractivity contribution >= 4 is 12.4 Å². The Balaban J connectivity index is 0.00000121. The van der Waals surface area contributed by atoms with Gasteiger partial charge in [0.1, 0.15) is 0 Å². The Labute approximate surface area is 79.5 Å². The molecule has 1 aromatic rings. The van der Waals surface area contributed by atoms with Crippen LogP contribution >= 0.6 is 12.4 Å². The van der Waals surface area contributed by atoms with E-state index in [0.717, 1.165) is 13.0 Å². The summed E-state index contributed by atoms with van der Waals surface area (Å²) < 4.78 is 0. The summed E-state index contributed by atoms with van der Waals surface area (Å²) >= 11 is 0. The third kappa shape index (κ3) is 3.72. The van der Waals surface area contributed by atoms with Crippen molar-refractivity contribution in [1.29, 1.82) is 0 Å². The molecule has 0 aromatic heterocycles. The van der Waals surface area contributed by atoms with Gasteiger partial charge in [-0.25, -0.2) is 0 Å². The summed E-state index contributed by atoms with van der Waals surface area (Å²) in [7, 11) is 0. The maximum atomic E-state index is 5.16. The van der Waals surface area contributed by atoms with E-state index in [-0.39, 0.29) is 12.4 Å². The molecule has 0 amide bonds. The zero-order chi connectivity index (χ0) is 8.10. The van der Waals surface area contributed by atoms with Crippen LogP contribution in [-0.2, 0) is 6.42 Å². The predicted molar refractivity (Wildman–Crippen MR) is 54.3 cm³/mol. The lowest BCUT2D eigenvalue weighted by molar-refractivity contribution is 0.728. The molecule has 0 fully saturated rings. The van der Waals surface area contributed by atoms with E-state index in [1.54, 1.807) is 0 Å². The summed E-state index contributed by atoms with van der Waals surface area (Å²) in [6.07, 6.45) is 0.997. The fourth-order valence-corrected chi connectivity index (χ4v) is 0.971. The Kier molecular flexibility index (Phi) is 5.72. The SMILES string of the molecule is Cc1ccc(CCNN)cc1.Cl. The number of nitrogens with two attached hydrogens (primary N) is 1. The molecule has 3 heteroatoms. The van der Waals surface area contributed by atoms with Crippen molar-refractivity contribution in [2.45, 2.75) is 13.3 Å². The highest BCUT2D eigenvalue weighted by Gasteiger charge is 1.89. The Morgan fingerprint density at radius 1 is 1.25 bits per heavy atom. The molecule has 0 aliphatic rings. The van der Waals surface area contributed by atoms with Crippen molar-refractivity contribution < 1.29 is 0 Å². The smallest absolute Gasteiger partial charge is 0.0138 e. The fraction of sp³-hybridized carbons (Fsp3) is 0.333. The van der Waals surface area contributed by atoms with E-state index in [4.69, 9.17) is 5.84 Å². The highest BCUT2D eigenvalue weighted by Crippen LogP contribution is 2.02. The van der Waals surface area contributed by atoms with Gasteiger partial charge >= 0.3 is 0 Å². The van der Waals surface area contributed by atoms with Crippen molar-refractivity contribution in [3.63, 3.8) is 0 Å². The first-order valence-electron chi connectivity index (χ1n) is 3.82. The van der Waals surface area contributed by atoms with Crippen LogP contribution in [0.25, 0.3) is 0 Å². The molecule has 0 saturated carbocycles. The van der Waals surface area contributed by atoms with E-state index in [1.165, 1.54) is 11.1 Å². The zero-order valence-corrected chi connectivity index (χ0v) is 8.03. The van der Waals surface area contributed by atoms with Gasteiger partial charge in [0.25, 0.3) is 0 Å². The van der Waals surface area contributed by atoms with Crippen LogP contribution in [0.5, 0.6) is 0 Å². The third-order valence-corrected chi connectivity index (χ3v) is 1.68. The van der Waals surface area contributed by atoms with Gasteiger partial charge in [-0.3, -0.25) is 11.3 Å². The van der Waals surface area contributed by atoms with Crippen LogP contribution in [0, 0.1) is 6.92 Å². The van der Waals surface area contributed by atoms with Crippen molar-refractivity contribution in [3.05, 3.63) is 35.4 Å². The normalized spacial score (nSPS) is 9.17. The molecular formula is C9H15ClN2. The molecule has 3 N–H and O–H groups in total. The van der Waals surface area contributed by atoms with E-state index in [2.05, 4.69) is 36.6 Å². The van der Waals surface area contributed by atoms with Crippen molar-refractivity contribution in [1.82, 2.24) is 5.43 Å². The molecule has 0 unspecified atom stereocenters. The lowest BCUT2D eigenvalue weighted by Crippen LogP contribution is -2.24. The van der Waals surface area contributed by atoms with Gasteiger partial charge in [0.2, 0.25) is 0 Å². The highest BCUT2D eigenvalue weighted by atomic mass is 35.5. The fourth-order valence-electron chi connectivity index (χ4n) is 0.971.